The van der Waals surface area contributed by atoms with Gasteiger partial charge >= 0.3 is 5.97 Å². The Kier molecular flexibility index (Phi) is 3.72. The van der Waals surface area contributed by atoms with E-state index in [9.17, 15) is 4.79 Å². The highest BCUT2D eigenvalue weighted by Crippen LogP contribution is 2.83. The molecule has 7 aliphatic carbocycles. The summed E-state index contributed by atoms with van der Waals surface area (Å²) in [4.78, 5) is 13.1. The minimum absolute atomic E-state index is 0.132. The van der Waals surface area contributed by atoms with Crippen molar-refractivity contribution in [2.45, 2.75) is 84.2 Å². The molecule has 7 aliphatic rings. The Morgan fingerprint density at radius 2 is 1.67 bits per heavy atom. The Morgan fingerprint density at radius 3 is 2.43 bits per heavy atom. The maximum absolute atomic E-state index is 13.1. The Morgan fingerprint density at radius 1 is 0.900 bits per heavy atom. The molecule has 6 saturated carbocycles. The second-order valence-corrected chi connectivity index (χ2v) is 13.5. The van der Waals surface area contributed by atoms with E-state index in [0.717, 1.165) is 59.7 Å². The lowest BCUT2D eigenvalue weighted by atomic mass is 9.49. The van der Waals surface area contributed by atoms with Crippen molar-refractivity contribution in [3.05, 3.63) is 12.2 Å². The van der Waals surface area contributed by atoms with Gasteiger partial charge in [-0.15, -0.1) is 0 Å². The highest BCUT2D eigenvalue weighted by Gasteiger charge is 2.78. The van der Waals surface area contributed by atoms with E-state index in [0.29, 0.717) is 11.3 Å². The van der Waals surface area contributed by atoms with E-state index < -0.39 is 0 Å². The van der Waals surface area contributed by atoms with Gasteiger partial charge in [0.15, 0.2) is 0 Å². The first kappa shape index (κ1) is 18.8. The minimum atomic E-state index is -0.350. The number of fused-ring (bicyclic) bond motifs is 16. The lowest BCUT2D eigenvalue weighted by molar-refractivity contribution is -0.165. The molecular weight excluding hydrogens is 368 g/mol. The maximum Gasteiger partial charge on any atom is 0.309 e. The fourth-order valence-corrected chi connectivity index (χ4v) is 11.4. The summed E-state index contributed by atoms with van der Waals surface area (Å²) in [5, 5.41) is 0. The van der Waals surface area contributed by atoms with Gasteiger partial charge in [-0.25, -0.2) is 0 Å². The highest BCUT2D eigenvalue weighted by atomic mass is 16.6. The van der Waals surface area contributed by atoms with Crippen molar-refractivity contribution in [1.82, 2.24) is 0 Å². The summed E-state index contributed by atoms with van der Waals surface area (Å²) >= 11 is 0. The Bertz CT molecular complexity index is 785. The predicted molar refractivity (Wildman–Crippen MR) is 117 cm³/mol. The molecular formula is C28H40O2. The van der Waals surface area contributed by atoms with Gasteiger partial charge in [0.25, 0.3) is 0 Å². The van der Waals surface area contributed by atoms with Crippen LogP contribution in [-0.2, 0) is 9.53 Å². The van der Waals surface area contributed by atoms with Crippen molar-refractivity contribution in [2.75, 3.05) is 0 Å². The second kappa shape index (κ2) is 5.96. The Hall–Kier alpha value is -0.790. The second-order valence-electron chi connectivity index (χ2n) is 13.5. The van der Waals surface area contributed by atoms with Crippen LogP contribution >= 0.6 is 0 Å². The summed E-state index contributed by atoms with van der Waals surface area (Å²) in [6, 6.07) is 0. The number of carbonyl (C=O) groups excluding carboxylic acids is 1. The van der Waals surface area contributed by atoms with Gasteiger partial charge in [0, 0.05) is 0 Å². The van der Waals surface area contributed by atoms with E-state index in [-0.39, 0.29) is 17.5 Å². The SMILES string of the molecule is CC(C)(C)OC(=O)C1CC2CC1C1C3CC(C4CCCCC4)(C4C5C=CC(C5)C34)C21. The number of hydrogen-bond donors (Lipinski definition) is 0. The number of ether oxygens (including phenoxy) is 1. The zero-order valence-electron chi connectivity index (χ0n) is 19.2. The first-order valence-corrected chi connectivity index (χ1v) is 13.3. The third-order valence-corrected chi connectivity index (χ3v) is 11.5. The van der Waals surface area contributed by atoms with E-state index in [1.165, 1.54) is 51.4 Å². The van der Waals surface area contributed by atoms with Crippen LogP contribution in [0.3, 0.4) is 0 Å². The molecule has 2 nitrogen and oxygen atoms in total. The first-order chi connectivity index (χ1) is 14.4. The highest BCUT2D eigenvalue weighted by molar-refractivity contribution is 5.74. The van der Waals surface area contributed by atoms with Crippen molar-refractivity contribution in [2.24, 2.45) is 70.5 Å². The molecule has 0 aromatic carbocycles. The van der Waals surface area contributed by atoms with Crippen molar-refractivity contribution in [1.29, 1.82) is 0 Å². The summed E-state index contributed by atoms with van der Waals surface area (Å²) in [5.74, 6) is 9.21. The third-order valence-electron chi connectivity index (χ3n) is 11.5. The quantitative estimate of drug-likeness (QED) is 0.306. The van der Waals surface area contributed by atoms with Crippen molar-refractivity contribution >= 4 is 5.97 Å². The molecule has 11 atom stereocenters. The van der Waals surface area contributed by atoms with Gasteiger partial charge in [0.05, 0.1) is 5.92 Å². The summed E-state index contributed by atoms with van der Waals surface area (Å²) in [6.45, 7) is 6.09. The minimum Gasteiger partial charge on any atom is -0.460 e. The molecule has 30 heavy (non-hydrogen) atoms. The van der Waals surface area contributed by atoms with Gasteiger partial charge in [-0.1, -0.05) is 31.4 Å². The van der Waals surface area contributed by atoms with E-state index in [1.807, 2.05) is 20.8 Å². The molecule has 0 aliphatic heterocycles. The van der Waals surface area contributed by atoms with Crippen LogP contribution in [0.1, 0.15) is 78.6 Å². The lowest BCUT2D eigenvalue weighted by Crippen LogP contribution is -2.51. The van der Waals surface area contributed by atoms with Gasteiger partial charge in [-0.2, -0.15) is 0 Å². The van der Waals surface area contributed by atoms with Crippen LogP contribution in [0.2, 0.25) is 0 Å². The summed E-state index contributed by atoms with van der Waals surface area (Å²) < 4.78 is 5.93. The van der Waals surface area contributed by atoms with E-state index in [1.54, 1.807) is 0 Å². The molecule has 0 saturated heterocycles. The van der Waals surface area contributed by atoms with E-state index in [2.05, 4.69) is 12.2 Å². The van der Waals surface area contributed by atoms with Crippen molar-refractivity contribution in [3.63, 3.8) is 0 Å². The fourth-order valence-electron chi connectivity index (χ4n) is 11.4. The molecule has 0 spiro atoms. The van der Waals surface area contributed by atoms with Gasteiger partial charge in [-0.05, 0) is 124 Å². The summed E-state index contributed by atoms with van der Waals surface area (Å²) in [5.41, 5.74) is 0.291. The summed E-state index contributed by atoms with van der Waals surface area (Å²) in [7, 11) is 0. The van der Waals surface area contributed by atoms with Gasteiger partial charge in [0.2, 0.25) is 0 Å². The topological polar surface area (TPSA) is 26.3 Å². The van der Waals surface area contributed by atoms with Crippen molar-refractivity contribution in [3.8, 4) is 0 Å². The largest absolute Gasteiger partial charge is 0.460 e. The molecule has 6 bridgehead atoms. The van der Waals surface area contributed by atoms with Crippen LogP contribution in [0.4, 0.5) is 0 Å². The van der Waals surface area contributed by atoms with Crippen molar-refractivity contribution < 1.29 is 9.53 Å². The van der Waals surface area contributed by atoms with Crippen LogP contribution < -0.4 is 0 Å². The van der Waals surface area contributed by atoms with E-state index >= 15 is 0 Å². The lowest BCUT2D eigenvalue weighted by Gasteiger charge is -2.55. The standard InChI is InChI=1S/C28H40O2/c1-27(2,3)30-26(29)20-13-17-12-19(20)23-21-14-28(25(17)23,18-7-5-4-6-8-18)24-16-10-9-15(11-16)22(21)24/h9-10,15-25H,4-8,11-14H2,1-3H3. The molecule has 0 aromatic rings. The molecule has 7 rings (SSSR count). The number of allylic oxidation sites excluding steroid dienone is 2. The Labute approximate surface area is 182 Å². The van der Waals surface area contributed by atoms with Crippen LogP contribution in [-0.4, -0.2) is 11.6 Å². The smallest absolute Gasteiger partial charge is 0.309 e. The van der Waals surface area contributed by atoms with Crippen LogP contribution in [0.5, 0.6) is 0 Å². The average Bonchev–Trinajstić information content (AvgIpc) is 3.53. The molecule has 0 aromatic heterocycles. The van der Waals surface area contributed by atoms with Gasteiger partial charge in [-0.3, -0.25) is 4.79 Å². The average molecular weight is 409 g/mol. The molecule has 164 valence electrons. The first-order valence-electron chi connectivity index (χ1n) is 13.3. The van der Waals surface area contributed by atoms with E-state index in [4.69, 9.17) is 4.74 Å². The number of rotatable bonds is 2. The molecule has 2 heteroatoms. The Balaban J connectivity index is 1.26. The molecule has 0 heterocycles. The zero-order chi connectivity index (χ0) is 20.4. The maximum atomic E-state index is 13.1. The third kappa shape index (κ3) is 2.20. The predicted octanol–water partition coefficient (Wildman–Crippen LogP) is 6.26. The van der Waals surface area contributed by atoms with Gasteiger partial charge < -0.3 is 4.74 Å². The number of carbonyl (C=O) groups is 1. The van der Waals surface area contributed by atoms with Crippen LogP contribution in [0, 0.1) is 70.5 Å². The molecule has 0 radical (unpaired) electrons. The van der Waals surface area contributed by atoms with Crippen LogP contribution in [0.25, 0.3) is 0 Å². The van der Waals surface area contributed by atoms with Gasteiger partial charge in [0.1, 0.15) is 5.60 Å². The zero-order valence-corrected chi connectivity index (χ0v) is 19.2. The summed E-state index contributed by atoms with van der Waals surface area (Å²) in [6.07, 6.45) is 18.2. The molecule has 0 amide bonds. The fraction of sp³-hybridized carbons (Fsp3) is 0.893. The molecule has 6 fully saturated rings. The number of hydrogen-bond acceptors (Lipinski definition) is 2. The molecule has 0 N–H and O–H groups in total. The van der Waals surface area contributed by atoms with Crippen LogP contribution in [0.15, 0.2) is 12.2 Å². The monoisotopic (exact) mass is 408 g/mol. The normalized spacial score (nSPS) is 55.3. The molecule has 11 unspecified atom stereocenters. The number of esters is 1.